The zero-order valence-corrected chi connectivity index (χ0v) is 13.8. The molecule has 116 valence electrons. The second-order valence-corrected chi connectivity index (χ2v) is 6.72. The minimum atomic E-state index is 0. The number of carbonyl (C=O) groups excluding carboxylic acids is 1. The largest absolute Gasteiger partial charge is 0.339 e. The molecule has 1 amide bonds. The van der Waals surface area contributed by atoms with E-state index in [1.165, 1.54) is 16.9 Å². The van der Waals surface area contributed by atoms with Crippen LogP contribution in [0.1, 0.15) is 37.2 Å². The van der Waals surface area contributed by atoms with E-state index in [2.05, 4.69) is 23.1 Å². The summed E-state index contributed by atoms with van der Waals surface area (Å²) in [4.78, 5) is 16.3. The van der Waals surface area contributed by atoms with Crippen molar-refractivity contribution >= 4 is 30.1 Å². The summed E-state index contributed by atoms with van der Waals surface area (Å²) in [6, 6.07) is 8.69. The highest BCUT2D eigenvalue weighted by Gasteiger charge is 2.35. The lowest BCUT2D eigenvalue weighted by atomic mass is 9.94. The second kappa shape index (κ2) is 7.52. The first kappa shape index (κ1) is 16.7. The Bertz CT molecular complexity index is 495. The number of fused-ring (bicyclic) bond motifs is 1. The maximum absolute atomic E-state index is 12.9. The highest BCUT2D eigenvalue weighted by atomic mass is 35.5. The van der Waals surface area contributed by atoms with E-state index in [0.29, 0.717) is 18.5 Å². The summed E-state index contributed by atoms with van der Waals surface area (Å²) in [5.41, 5.74) is 6.93. The van der Waals surface area contributed by atoms with Crippen LogP contribution in [-0.4, -0.2) is 35.7 Å². The molecule has 2 aliphatic rings. The molecule has 3 rings (SSSR count). The summed E-state index contributed by atoms with van der Waals surface area (Å²) in [6.45, 7) is 1.58. The number of rotatable bonds is 3. The van der Waals surface area contributed by atoms with Crippen LogP contribution in [0.5, 0.6) is 0 Å². The fourth-order valence-corrected chi connectivity index (χ4v) is 4.57. The van der Waals surface area contributed by atoms with Crippen molar-refractivity contribution in [3.63, 3.8) is 0 Å². The van der Waals surface area contributed by atoms with Crippen LogP contribution in [0.25, 0.3) is 0 Å². The van der Waals surface area contributed by atoms with Crippen LogP contribution in [0.2, 0.25) is 0 Å². The number of hydrogen-bond donors (Lipinski definition) is 1. The molecule has 2 aliphatic heterocycles. The van der Waals surface area contributed by atoms with Gasteiger partial charge in [-0.1, -0.05) is 18.2 Å². The van der Waals surface area contributed by atoms with Gasteiger partial charge in [-0.3, -0.25) is 4.79 Å². The van der Waals surface area contributed by atoms with Crippen molar-refractivity contribution in [1.29, 1.82) is 0 Å². The van der Waals surface area contributed by atoms with Crippen LogP contribution >= 0.6 is 24.2 Å². The van der Waals surface area contributed by atoms with Crippen molar-refractivity contribution in [2.24, 2.45) is 5.73 Å². The lowest BCUT2D eigenvalue weighted by Crippen LogP contribution is -2.46. The van der Waals surface area contributed by atoms with Gasteiger partial charge in [0, 0.05) is 23.2 Å². The summed E-state index contributed by atoms with van der Waals surface area (Å²) >= 11 is 1.81. The first-order valence-corrected chi connectivity index (χ1v) is 8.52. The number of nitrogens with zero attached hydrogens (tertiary/aromatic N) is 1. The standard InChI is InChI=1S/C16H22N2OS.ClH/c17-9-8-12-5-3-4-10-18(12)16(19)14-11-20-15-7-2-1-6-13(14)15;/h1-2,6-7,12,14H,3-5,8-11,17H2;1H. The Hall–Kier alpha value is -0.710. The highest BCUT2D eigenvalue weighted by molar-refractivity contribution is 7.99. The van der Waals surface area contributed by atoms with E-state index in [0.717, 1.165) is 31.6 Å². The summed E-state index contributed by atoms with van der Waals surface area (Å²) < 4.78 is 0. The number of piperidine rings is 1. The van der Waals surface area contributed by atoms with Crippen molar-refractivity contribution in [3.05, 3.63) is 29.8 Å². The van der Waals surface area contributed by atoms with Gasteiger partial charge in [-0.05, 0) is 43.9 Å². The smallest absolute Gasteiger partial charge is 0.231 e. The average molecular weight is 327 g/mol. The van der Waals surface area contributed by atoms with E-state index in [1.54, 1.807) is 0 Å². The monoisotopic (exact) mass is 326 g/mol. The van der Waals surface area contributed by atoms with Gasteiger partial charge in [0.05, 0.1) is 5.92 Å². The number of likely N-dealkylation sites (tertiary alicyclic amines) is 1. The van der Waals surface area contributed by atoms with Gasteiger partial charge in [0.15, 0.2) is 0 Å². The minimum absolute atomic E-state index is 0. The summed E-state index contributed by atoms with van der Waals surface area (Å²) in [5, 5.41) is 0. The molecular weight excluding hydrogens is 304 g/mol. The van der Waals surface area contributed by atoms with Crippen molar-refractivity contribution in [2.45, 2.75) is 42.5 Å². The van der Waals surface area contributed by atoms with Gasteiger partial charge in [-0.25, -0.2) is 0 Å². The Morgan fingerprint density at radius 1 is 1.33 bits per heavy atom. The molecule has 0 radical (unpaired) electrons. The number of thioether (sulfide) groups is 1. The van der Waals surface area contributed by atoms with Crippen LogP contribution < -0.4 is 5.73 Å². The molecule has 2 atom stereocenters. The molecule has 0 aliphatic carbocycles. The Labute approximate surface area is 137 Å². The van der Waals surface area contributed by atoms with E-state index in [9.17, 15) is 4.79 Å². The molecule has 1 fully saturated rings. The molecule has 2 N–H and O–H groups in total. The van der Waals surface area contributed by atoms with Gasteiger partial charge in [0.1, 0.15) is 0 Å². The van der Waals surface area contributed by atoms with E-state index in [1.807, 2.05) is 17.8 Å². The predicted molar refractivity (Wildman–Crippen MR) is 90.2 cm³/mol. The molecule has 2 heterocycles. The van der Waals surface area contributed by atoms with Crippen LogP contribution in [0.15, 0.2) is 29.2 Å². The topological polar surface area (TPSA) is 46.3 Å². The van der Waals surface area contributed by atoms with Gasteiger partial charge in [-0.15, -0.1) is 24.2 Å². The van der Waals surface area contributed by atoms with Crippen LogP contribution in [0, 0.1) is 0 Å². The van der Waals surface area contributed by atoms with Gasteiger partial charge in [-0.2, -0.15) is 0 Å². The van der Waals surface area contributed by atoms with Crippen LogP contribution in [0.3, 0.4) is 0 Å². The molecule has 0 bridgehead atoms. The molecule has 1 aromatic carbocycles. The van der Waals surface area contributed by atoms with Crippen LogP contribution in [-0.2, 0) is 4.79 Å². The average Bonchev–Trinajstić information content (AvgIpc) is 2.91. The number of carbonyl (C=O) groups is 1. The van der Waals surface area contributed by atoms with Gasteiger partial charge < -0.3 is 10.6 Å². The molecule has 1 saturated heterocycles. The van der Waals surface area contributed by atoms with E-state index < -0.39 is 0 Å². The van der Waals surface area contributed by atoms with Gasteiger partial charge >= 0.3 is 0 Å². The van der Waals surface area contributed by atoms with E-state index in [4.69, 9.17) is 5.73 Å². The molecular formula is C16H23ClN2OS. The lowest BCUT2D eigenvalue weighted by Gasteiger charge is -2.37. The highest BCUT2D eigenvalue weighted by Crippen LogP contribution is 2.41. The second-order valence-electron chi connectivity index (χ2n) is 5.66. The zero-order chi connectivity index (χ0) is 13.9. The Morgan fingerprint density at radius 2 is 2.14 bits per heavy atom. The number of nitrogens with two attached hydrogens (primary N) is 1. The first-order valence-electron chi connectivity index (χ1n) is 7.53. The molecule has 0 aromatic heterocycles. The molecule has 5 heteroatoms. The fourth-order valence-electron chi connectivity index (χ4n) is 3.35. The Balaban J connectivity index is 0.00000161. The number of hydrogen-bond acceptors (Lipinski definition) is 3. The SMILES string of the molecule is Cl.NCCC1CCCCN1C(=O)C1CSc2ccccc21. The van der Waals surface area contributed by atoms with Crippen LogP contribution in [0.4, 0.5) is 0 Å². The Morgan fingerprint density at radius 3 is 2.95 bits per heavy atom. The summed E-state index contributed by atoms with van der Waals surface area (Å²) in [6.07, 6.45) is 4.41. The lowest BCUT2D eigenvalue weighted by molar-refractivity contribution is -0.136. The van der Waals surface area contributed by atoms with E-state index in [-0.39, 0.29) is 18.3 Å². The van der Waals surface area contributed by atoms with Crippen molar-refractivity contribution < 1.29 is 4.79 Å². The Kier molecular flexibility index (Phi) is 5.97. The summed E-state index contributed by atoms with van der Waals surface area (Å²) in [7, 11) is 0. The third-order valence-corrected chi connectivity index (χ3v) is 5.59. The molecule has 0 spiro atoms. The fraction of sp³-hybridized carbons (Fsp3) is 0.562. The number of benzene rings is 1. The van der Waals surface area contributed by atoms with Gasteiger partial charge in [0.2, 0.25) is 5.91 Å². The minimum Gasteiger partial charge on any atom is -0.339 e. The normalized spacial score (nSPS) is 24.3. The third kappa shape index (κ3) is 3.38. The number of halogens is 1. The first-order chi connectivity index (χ1) is 9.81. The predicted octanol–water partition coefficient (Wildman–Crippen LogP) is 3.03. The molecule has 3 nitrogen and oxygen atoms in total. The molecule has 0 saturated carbocycles. The van der Waals surface area contributed by atoms with Crippen molar-refractivity contribution in [2.75, 3.05) is 18.8 Å². The zero-order valence-electron chi connectivity index (χ0n) is 12.2. The van der Waals surface area contributed by atoms with Crippen molar-refractivity contribution in [3.8, 4) is 0 Å². The molecule has 1 aromatic rings. The summed E-state index contributed by atoms with van der Waals surface area (Å²) in [5.74, 6) is 1.26. The van der Waals surface area contributed by atoms with Crippen molar-refractivity contribution in [1.82, 2.24) is 4.90 Å². The maximum Gasteiger partial charge on any atom is 0.231 e. The maximum atomic E-state index is 12.9. The molecule has 21 heavy (non-hydrogen) atoms. The molecule has 2 unspecified atom stereocenters. The quantitative estimate of drug-likeness (QED) is 0.928. The third-order valence-electron chi connectivity index (χ3n) is 4.41. The number of amides is 1. The van der Waals surface area contributed by atoms with E-state index >= 15 is 0 Å². The van der Waals surface area contributed by atoms with Gasteiger partial charge in [0.25, 0.3) is 0 Å².